The second-order valence-corrected chi connectivity index (χ2v) is 6.99. The van der Waals surface area contributed by atoms with Gasteiger partial charge in [-0.15, -0.1) is 10.2 Å². The number of rotatable bonds is 6. The van der Waals surface area contributed by atoms with Crippen LogP contribution in [0.3, 0.4) is 0 Å². The van der Waals surface area contributed by atoms with E-state index in [1.54, 1.807) is 0 Å². The van der Waals surface area contributed by atoms with E-state index in [0.717, 1.165) is 27.8 Å². The zero-order chi connectivity index (χ0) is 19.2. The molecule has 0 bridgehead atoms. The van der Waals surface area contributed by atoms with Gasteiger partial charge >= 0.3 is 0 Å². The van der Waals surface area contributed by atoms with E-state index in [0.29, 0.717) is 11.5 Å². The molecule has 1 aromatic heterocycles. The smallest absolute Gasteiger partial charge is 0.196 e. The number of oxime groups is 1. The molecule has 4 rings (SSSR count). The van der Waals surface area contributed by atoms with Crippen molar-refractivity contribution >= 4 is 17.5 Å². The molecule has 0 spiro atoms. The maximum Gasteiger partial charge on any atom is 0.196 e. The van der Waals surface area contributed by atoms with Crippen LogP contribution >= 0.6 is 11.8 Å². The molecule has 0 amide bonds. The molecule has 138 valence electrons. The van der Waals surface area contributed by atoms with Crippen LogP contribution in [-0.2, 0) is 0 Å². The van der Waals surface area contributed by atoms with Crippen molar-refractivity contribution in [3.8, 4) is 17.1 Å². The van der Waals surface area contributed by atoms with Crippen molar-refractivity contribution in [2.75, 3.05) is 5.75 Å². The van der Waals surface area contributed by atoms with Crippen molar-refractivity contribution in [3.05, 3.63) is 96.6 Å². The molecule has 0 aliphatic rings. The Morgan fingerprint density at radius 2 is 1.43 bits per heavy atom. The molecule has 0 saturated heterocycles. The Hall–Kier alpha value is -3.38. The first-order chi connectivity index (χ1) is 13.9. The number of para-hydroxylation sites is 1. The molecule has 0 aliphatic carbocycles. The second-order valence-electron chi connectivity index (χ2n) is 6.04. The van der Waals surface area contributed by atoms with Crippen molar-refractivity contribution in [1.82, 2.24) is 14.8 Å². The molecule has 0 radical (unpaired) electrons. The largest absolute Gasteiger partial charge is 0.411 e. The van der Waals surface area contributed by atoms with Crippen molar-refractivity contribution in [3.63, 3.8) is 0 Å². The van der Waals surface area contributed by atoms with Crippen LogP contribution in [0.4, 0.5) is 0 Å². The van der Waals surface area contributed by atoms with E-state index in [9.17, 15) is 5.21 Å². The lowest BCUT2D eigenvalue weighted by atomic mass is 10.1. The van der Waals surface area contributed by atoms with Gasteiger partial charge in [0.2, 0.25) is 0 Å². The maximum atomic E-state index is 9.46. The van der Waals surface area contributed by atoms with Gasteiger partial charge in [-0.3, -0.25) is 4.57 Å². The highest BCUT2D eigenvalue weighted by Gasteiger charge is 2.17. The minimum absolute atomic E-state index is 0.472. The van der Waals surface area contributed by atoms with Gasteiger partial charge in [-0.2, -0.15) is 0 Å². The van der Waals surface area contributed by atoms with Gasteiger partial charge in [-0.1, -0.05) is 95.8 Å². The number of aromatic nitrogens is 3. The summed E-state index contributed by atoms with van der Waals surface area (Å²) >= 11 is 1.48. The summed E-state index contributed by atoms with van der Waals surface area (Å²) in [6, 6.07) is 29.6. The van der Waals surface area contributed by atoms with Crippen LogP contribution in [0.25, 0.3) is 17.1 Å². The Morgan fingerprint density at radius 1 is 0.821 bits per heavy atom. The van der Waals surface area contributed by atoms with E-state index < -0.39 is 0 Å². The van der Waals surface area contributed by atoms with E-state index in [2.05, 4.69) is 15.4 Å². The lowest BCUT2D eigenvalue weighted by Gasteiger charge is -2.10. The van der Waals surface area contributed by atoms with Crippen LogP contribution in [0.1, 0.15) is 5.56 Å². The molecule has 5 nitrogen and oxygen atoms in total. The summed E-state index contributed by atoms with van der Waals surface area (Å²) in [6.07, 6.45) is 0. The normalized spacial score (nSPS) is 11.5. The number of benzene rings is 3. The third-order valence-electron chi connectivity index (χ3n) is 4.25. The van der Waals surface area contributed by atoms with Gasteiger partial charge in [0, 0.05) is 22.6 Å². The Labute approximate surface area is 167 Å². The lowest BCUT2D eigenvalue weighted by Crippen LogP contribution is -2.06. The first kappa shape index (κ1) is 18.0. The fraction of sp³-hybridized carbons (Fsp3) is 0.0455. The predicted molar refractivity (Wildman–Crippen MR) is 112 cm³/mol. The van der Waals surface area contributed by atoms with Gasteiger partial charge in [0.05, 0.1) is 5.71 Å². The van der Waals surface area contributed by atoms with Gasteiger partial charge in [0.15, 0.2) is 11.0 Å². The fourth-order valence-electron chi connectivity index (χ4n) is 2.88. The van der Waals surface area contributed by atoms with Crippen LogP contribution < -0.4 is 0 Å². The van der Waals surface area contributed by atoms with E-state index in [-0.39, 0.29) is 0 Å². The summed E-state index contributed by atoms with van der Waals surface area (Å²) in [4.78, 5) is 0. The van der Waals surface area contributed by atoms with Crippen LogP contribution in [0.15, 0.2) is 101 Å². The fourth-order valence-corrected chi connectivity index (χ4v) is 3.79. The van der Waals surface area contributed by atoms with Crippen molar-refractivity contribution in [1.29, 1.82) is 0 Å². The summed E-state index contributed by atoms with van der Waals surface area (Å²) in [5, 5.41) is 22.5. The lowest BCUT2D eigenvalue weighted by molar-refractivity contribution is 0.319. The molecule has 6 heteroatoms. The third-order valence-corrected chi connectivity index (χ3v) is 5.19. The zero-order valence-electron chi connectivity index (χ0n) is 15.0. The maximum absolute atomic E-state index is 9.46. The summed E-state index contributed by atoms with van der Waals surface area (Å²) in [5.41, 5.74) is 3.45. The number of hydrogen-bond acceptors (Lipinski definition) is 5. The van der Waals surface area contributed by atoms with Gasteiger partial charge in [0.1, 0.15) is 0 Å². The second kappa shape index (κ2) is 8.54. The van der Waals surface area contributed by atoms with Crippen LogP contribution in [0.2, 0.25) is 0 Å². The van der Waals surface area contributed by atoms with Crippen molar-refractivity contribution in [2.24, 2.45) is 5.16 Å². The molecule has 0 saturated carbocycles. The van der Waals surface area contributed by atoms with Gasteiger partial charge in [-0.05, 0) is 12.1 Å². The Bertz CT molecular complexity index is 1060. The first-order valence-electron chi connectivity index (χ1n) is 8.82. The molecule has 28 heavy (non-hydrogen) atoms. The minimum Gasteiger partial charge on any atom is -0.411 e. The summed E-state index contributed by atoms with van der Waals surface area (Å²) in [7, 11) is 0. The van der Waals surface area contributed by atoms with Gasteiger partial charge in [0.25, 0.3) is 0 Å². The number of thioether (sulfide) groups is 1. The SMILES string of the molecule is O/N=C(\CSc1nnc(-c2ccccc2)n1-c1ccccc1)c1ccccc1. The Morgan fingerprint density at radius 3 is 2.07 bits per heavy atom. The van der Waals surface area contributed by atoms with Crippen LogP contribution in [0, 0.1) is 0 Å². The van der Waals surface area contributed by atoms with Gasteiger partial charge < -0.3 is 5.21 Å². The highest BCUT2D eigenvalue weighted by molar-refractivity contribution is 7.99. The molecule has 1 N–H and O–H groups in total. The first-order valence-corrected chi connectivity index (χ1v) is 9.81. The van der Waals surface area contributed by atoms with E-state index >= 15 is 0 Å². The molecular weight excluding hydrogens is 368 g/mol. The summed E-state index contributed by atoms with van der Waals surface area (Å²) in [5.74, 6) is 1.25. The average molecular weight is 386 g/mol. The van der Waals surface area contributed by atoms with Crippen LogP contribution in [0.5, 0.6) is 0 Å². The van der Waals surface area contributed by atoms with E-state index in [1.807, 2.05) is 95.6 Å². The molecule has 4 aromatic rings. The molecule has 0 aliphatic heterocycles. The Kier molecular flexibility index (Phi) is 5.49. The average Bonchev–Trinajstić information content (AvgIpc) is 3.20. The monoisotopic (exact) mass is 386 g/mol. The quantitative estimate of drug-likeness (QED) is 0.221. The molecular formula is C22H18N4OS. The molecule has 0 atom stereocenters. The Balaban J connectivity index is 1.69. The highest BCUT2D eigenvalue weighted by atomic mass is 32.2. The summed E-state index contributed by atoms with van der Waals surface area (Å²) < 4.78 is 2.03. The number of nitrogens with zero attached hydrogens (tertiary/aromatic N) is 4. The van der Waals surface area contributed by atoms with Crippen molar-refractivity contribution < 1.29 is 5.21 Å². The minimum atomic E-state index is 0.472. The van der Waals surface area contributed by atoms with Gasteiger partial charge in [-0.25, -0.2) is 0 Å². The van der Waals surface area contributed by atoms with E-state index in [4.69, 9.17) is 0 Å². The third kappa shape index (κ3) is 3.82. The standard InChI is InChI=1S/C22H18N4OS/c27-25-20(17-10-4-1-5-11-17)16-28-22-24-23-21(18-12-6-2-7-13-18)26(22)19-14-8-3-9-15-19/h1-15,27H,16H2/b25-20+. The van der Waals surface area contributed by atoms with Crippen LogP contribution in [-0.4, -0.2) is 31.4 Å². The molecule has 3 aromatic carbocycles. The molecule has 0 unspecified atom stereocenters. The summed E-state index contributed by atoms with van der Waals surface area (Å²) in [6.45, 7) is 0. The van der Waals surface area contributed by atoms with Crippen molar-refractivity contribution in [2.45, 2.75) is 5.16 Å². The highest BCUT2D eigenvalue weighted by Crippen LogP contribution is 2.28. The number of hydrogen-bond donors (Lipinski definition) is 1. The topological polar surface area (TPSA) is 63.3 Å². The molecule has 1 heterocycles. The molecule has 0 fully saturated rings. The predicted octanol–water partition coefficient (Wildman–Crippen LogP) is 4.90. The zero-order valence-corrected chi connectivity index (χ0v) is 15.8. The van der Waals surface area contributed by atoms with E-state index in [1.165, 1.54) is 11.8 Å².